The van der Waals surface area contributed by atoms with Crippen LogP contribution in [0.5, 0.6) is 0 Å². The van der Waals surface area contributed by atoms with Crippen molar-refractivity contribution in [2.24, 2.45) is 0 Å². The summed E-state index contributed by atoms with van der Waals surface area (Å²) in [5.41, 5.74) is 0.746. The first-order valence-corrected chi connectivity index (χ1v) is 9.97. The number of carbonyl (C=O) groups is 1. The summed E-state index contributed by atoms with van der Waals surface area (Å²) in [5.74, 6) is 2.03. The third-order valence-corrected chi connectivity index (χ3v) is 5.46. The minimum atomic E-state index is 0.106. The number of hydrogen-bond donors (Lipinski definition) is 0. The lowest BCUT2D eigenvalue weighted by molar-refractivity contribution is 0.0746. The lowest BCUT2D eigenvalue weighted by Crippen LogP contribution is -2.49. The van der Waals surface area contributed by atoms with Crippen molar-refractivity contribution in [1.82, 2.24) is 14.9 Å². The van der Waals surface area contributed by atoms with E-state index in [9.17, 15) is 4.79 Å². The molecule has 0 aliphatic carbocycles. The smallest absolute Gasteiger partial charge is 0.254 e. The molecule has 0 spiro atoms. The third kappa shape index (κ3) is 4.21. The molecule has 0 bridgehead atoms. The topological polar surface area (TPSA) is 52.6 Å². The van der Waals surface area contributed by atoms with Crippen LogP contribution < -0.4 is 9.80 Å². The molecule has 6 heteroatoms. The summed E-state index contributed by atoms with van der Waals surface area (Å²) in [6.45, 7) is 5.13. The molecule has 2 aliphatic heterocycles. The first-order chi connectivity index (χ1) is 13.3. The van der Waals surface area contributed by atoms with Crippen LogP contribution in [-0.4, -0.2) is 60.0 Å². The molecule has 2 saturated heterocycles. The fourth-order valence-corrected chi connectivity index (χ4v) is 3.89. The zero-order chi connectivity index (χ0) is 18.5. The summed E-state index contributed by atoms with van der Waals surface area (Å²) >= 11 is 0. The fourth-order valence-electron chi connectivity index (χ4n) is 3.89. The molecule has 0 saturated carbocycles. The average Bonchev–Trinajstić information content (AvgIpc) is 3.04. The molecule has 0 N–H and O–H groups in total. The normalized spacial score (nSPS) is 18.3. The number of pyridine rings is 2. The van der Waals surface area contributed by atoms with Gasteiger partial charge in [-0.3, -0.25) is 4.79 Å². The van der Waals surface area contributed by atoms with Crippen molar-refractivity contribution >= 4 is 17.5 Å². The van der Waals surface area contributed by atoms with Crippen LogP contribution in [0.2, 0.25) is 0 Å². The Hall–Kier alpha value is -2.63. The molecule has 4 rings (SSSR count). The van der Waals surface area contributed by atoms with Gasteiger partial charge in [0.05, 0.1) is 0 Å². The number of hydrogen-bond acceptors (Lipinski definition) is 5. The fraction of sp³-hybridized carbons (Fsp3) is 0.476. The van der Waals surface area contributed by atoms with Gasteiger partial charge in [-0.15, -0.1) is 0 Å². The predicted molar refractivity (Wildman–Crippen MR) is 107 cm³/mol. The van der Waals surface area contributed by atoms with Crippen molar-refractivity contribution < 1.29 is 4.79 Å². The first kappa shape index (κ1) is 17.8. The zero-order valence-corrected chi connectivity index (χ0v) is 15.8. The number of piperazine rings is 1. The highest BCUT2D eigenvalue weighted by Crippen LogP contribution is 2.20. The molecule has 2 aromatic heterocycles. The average molecular weight is 365 g/mol. The van der Waals surface area contributed by atoms with Crippen LogP contribution in [0.1, 0.15) is 36.0 Å². The molecule has 0 unspecified atom stereocenters. The number of rotatable bonds is 3. The summed E-state index contributed by atoms with van der Waals surface area (Å²) in [4.78, 5) is 28.4. The number of nitrogens with zero attached hydrogens (tertiary/aromatic N) is 5. The zero-order valence-electron chi connectivity index (χ0n) is 15.8. The van der Waals surface area contributed by atoms with Crippen molar-refractivity contribution in [3.8, 4) is 0 Å². The maximum absolute atomic E-state index is 13.0. The quantitative estimate of drug-likeness (QED) is 0.837. The molecular weight excluding hydrogens is 338 g/mol. The van der Waals surface area contributed by atoms with E-state index in [2.05, 4.69) is 19.8 Å². The number of aromatic nitrogens is 2. The van der Waals surface area contributed by atoms with E-state index in [0.717, 1.165) is 56.5 Å². The highest BCUT2D eigenvalue weighted by atomic mass is 16.2. The van der Waals surface area contributed by atoms with Gasteiger partial charge in [-0.2, -0.15) is 0 Å². The second-order valence-electron chi connectivity index (χ2n) is 7.27. The van der Waals surface area contributed by atoms with Gasteiger partial charge < -0.3 is 14.7 Å². The summed E-state index contributed by atoms with van der Waals surface area (Å²) in [7, 11) is 0. The maximum atomic E-state index is 13.0. The van der Waals surface area contributed by atoms with E-state index in [-0.39, 0.29) is 5.91 Å². The van der Waals surface area contributed by atoms with Crippen molar-refractivity contribution in [3.63, 3.8) is 0 Å². The second kappa shape index (κ2) is 8.37. The van der Waals surface area contributed by atoms with Gasteiger partial charge in [0.1, 0.15) is 11.6 Å². The van der Waals surface area contributed by atoms with Gasteiger partial charge in [0.25, 0.3) is 5.91 Å². The van der Waals surface area contributed by atoms with Gasteiger partial charge in [-0.1, -0.05) is 18.9 Å². The molecule has 142 valence electrons. The van der Waals surface area contributed by atoms with Crippen LogP contribution in [0.4, 0.5) is 11.6 Å². The Morgan fingerprint density at radius 2 is 1.44 bits per heavy atom. The molecule has 0 aromatic carbocycles. The van der Waals surface area contributed by atoms with Gasteiger partial charge in [0, 0.05) is 57.2 Å². The number of amides is 1. The lowest BCUT2D eigenvalue weighted by Gasteiger charge is -2.35. The van der Waals surface area contributed by atoms with Crippen LogP contribution in [0.25, 0.3) is 0 Å². The van der Waals surface area contributed by atoms with E-state index in [1.165, 1.54) is 25.7 Å². The van der Waals surface area contributed by atoms with E-state index in [1.54, 1.807) is 6.20 Å². The Labute approximate surface area is 160 Å². The molecule has 2 aliphatic rings. The summed E-state index contributed by atoms with van der Waals surface area (Å²) < 4.78 is 0. The van der Waals surface area contributed by atoms with Crippen LogP contribution in [0.15, 0.2) is 42.7 Å². The SMILES string of the molecule is O=C(c1ccnc(N2CCCCCC2)c1)N1CCN(c2ccccn2)CC1. The summed E-state index contributed by atoms with van der Waals surface area (Å²) in [6.07, 6.45) is 8.57. The monoisotopic (exact) mass is 365 g/mol. The molecule has 1 amide bonds. The lowest BCUT2D eigenvalue weighted by atomic mass is 10.2. The molecule has 27 heavy (non-hydrogen) atoms. The molecule has 0 radical (unpaired) electrons. The number of anilines is 2. The molecule has 2 aromatic rings. The van der Waals surface area contributed by atoms with E-state index in [1.807, 2.05) is 41.4 Å². The largest absolute Gasteiger partial charge is 0.357 e. The highest BCUT2D eigenvalue weighted by Gasteiger charge is 2.23. The van der Waals surface area contributed by atoms with Crippen LogP contribution in [0, 0.1) is 0 Å². The Morgan fingerprint density at radius 1 is 0.741 bits per heavy atom. The molecule has 4 heterocycles. The Morgan fingerprint density at radius 3 is 2.15 bits per heavy atom. The summed E-state index contributed by atoms with van der Waals surface area (Å²) in [6, 6.07) is 9.76. The van der Waals surface area contributed by atoms with E-state index in [0.29, 0.717) is 0 Å². The Bertz CT molecular complexity index is 750. The van der Waals surface area contributed by atoms with Crippen molar-refractivity contribution in [1.29, 1.82) is 0 Å². The van der Waals surface area contributed by atoms with Crippen molar-refractivity contribution in [2.45, 2.75) is 25.7 Å². The minimum Gasteiger partial charge on any atom is -0.357 e. The predicted octanol–water partition coefficient (Wildman–Crippen LogP) is 2.82. The van der Waals surface area contributed by atoms with Crippen LogP contribution in [0.3, 0.4) is 0 Å². The molecular formula is C21H27N5O. The standard InChI is InChI=1S/C21H27N5O/c27-21(26-15-13-25(14-16-26)19-7-3-4-9-22-19)18-8-10-23-20(17-18)24-11-5-1-2-6-12-24/h3-4,7-10,17H,1-2,5-6,11-16H2. The van der Waals surface area contributed by atoms with Crippen LogP contribution >= 0.6 is 0 Å². The Balaban J connectivity index is 1.40. The van der Waals surface area contributed by atoms with Gasteiger partial charge in [-0.25, -0.2) is 9.97 Å². The molecule has 2 fully saturated rings. The maximum Gasteiger partial charge on any atom is 0.254 e. The molecule has 0 atom stereocenters. The number of carbonyl (C=O) groups excluding carboxylic acids is 1. The Kier molecular flexibility index (Phi) is 5.51. The second-order valence-corrected chi connectivity index (χ2v) is 7.27. The highest BCUT2D eigenvalue weighted by molar-refractivity contribution is 5.95. The summed E-state index contributed by atoms with van der Waals surface area (Å²) in [5, 5.41) is 0. The van der Waals surface area contributed by atoms with E-state index >= 15 is 0 Å². The van der Waals surface area contributed by atoms with Gasteiger partial charge in [0.15, 0.2) is 0 Å². The van der Waals surface area contributed by atoms with E-state index < -0.39 is 0 Å². The molecule has 6 nitrogen and oxygen atoms in total. The van der Waals surface area contributed by atoms with Gasteiger partial charge in [-0.05, 0) is 37.1 Å². The van der Waals surface area contributed by atoms with Crippen molar-refractivity contribution in [3.05, 3.63) is 48.3 Å². The van der Waals surface area contributed by atoms with Crippen LogP contribution in [-0.2, 0) is 0 Å². The first-order valence-electron chi connectivity index (χ1n) is 9.97. The van der Waals surface area contributed by atoms with Gasteiger partial charge >= 0.3 is 0 Å². The minimum absolute atomic E-state index is 0.106. The van der Waals surface area contributed by atoms with Gasteiger partial charge in [0.2, 0.25) is 0 Å². The third-order valence-electron chi connectivity index (χ3n) is 5.46. The van der Waals surface area contributed by atoms with E-state index in [4.69, 9.17) is 0 Å². The van der Waals surface area contributed by atoms with Crippen molar-refractivity contribution in [2.75, 3.05) is 49.1 Å².